The number of hydrazone groups is 1. The lowest BCUT2D eigenvalue weighted by atomic mass is 9.88. The van der Waals surface area contributed by atoms with Gasteiger partial charge in [-0.05, 0) is 81.0 Å². The van der Waals surface area contributed by atoms with E-state index in [0.29, 0.717) is 27.8 Å². The van der Waals surface area contributed by atoms with Crippen molar-refractivity contribution in [3.8, 4) is 5.75 Å². The van der Waals surface area contributed by atoms with Crippen molar-refractivity contribution in [2.75, 3.05) is 11.9 Å². The minimum absolute atomic E-state index is 0.0542. The largest absolute Gasteiger partial charge is 0.481 e. The zero-order valence-electron chi connectivity index (χ0n) is 22.3. The van der Waals surface area contributed by atoms with Gasteiger partial charge in [-0.15, -0.1) is 11.3 Å². The Kier molecular flexibility index (Phi) is 9.54. The zero-order valence-corrected chi connectivity index (χ0v) is 23.8. The Morgan fingerprint density at radius 1 is 1.23 bits per heavy atom. The third-order valence-corrected chi connectivity index (χ3v) is 7.88. The van der Waals surface area contributed by atoms with Crippen molar-refractivity contribution < 1.29 is 28.2 Å². The summed E-state index contributed by atoms with van der Waals surface area (Å²) in [5, 5.41) is 7.29. The molecule has 1 aromatic heterocycles. The number of nitrogens with one attached hydrogen (secondary N) is 2. The summed E-state index contributed by atoms with van der Waals surface area (Å²) < 4.78 is 24.7. The fourth-order valence-corrected chi connectivity index (χ4v) is 5.87. The lowest BCUT2D eigenvalue weighted by molar-refractivity contribution is -0.127. The van der Waals surface area contributed by atoms with Crippen LogP contribution in [0.15, 0.2) is 47.6 Å². The molecule has 1 aliphatic carbocycles. The molecule has 8 nitrogen and oxygen atoms in total. The number of rotatable bonds is 9. The molecule has 11 heteroatoms. The van der Waals surface area contributed by atoms with E-state index in [1.54, 1.807) is 31.2 Å². The van der Waals surface area contributed by atoms with E-state index in [2.05, 4.69) is 22.8 Å². The quantitative estimate of drug-likeness (QED) is 0.182. The molecule has 0 saturated carbocycles. The predicted octanol–water partition coefficient (Wildman–Crippen LogP) is 6.01. The summed E-state index contributed by atoms with van der Waals surface area (Å²) in [7, 11) is 0. The smallest absolute Gasteiger partial charge is 0.341 e. The third-order valence-electron chi connectivity index (χ3n) is 6.38. The van der Waals surface area contributed by atoms with Crippen molar-refractivity contribution in [2.24, 2.45) is 11.0 Å². The first-order valence-electron chi connectivity index (χ1n) is 12.8. The number of fused-ring (bicyclic) bond motifs is 1. The molecule has 2 unspecified atom stereocenters. The number of hydrogen-bond donors (Lipinski definition) is 2. The average molecular weight is 586 g/mol. The second-order valence-electron chi connectivity index (χ2n) is 9.38. The molecule has 210 valence electrons. The first-order chi connectivity index (χ1) is 19.2. The van der Waals surface area contributed by atoms with Gasteiger partial charge in [-0.2, -0.15) is 5.10 Å². The van der Waals surface area contributed by atoms with Crippen molar-refractivity contribution in [2.45, 2.75) is 46.1 Å². The maximum Gasteiger partial charge on any atom is 0.341 e. The summed E-state index contributed by atoms with van der Waals surface area (Å²) in [5.74, 6) is -1.07. The fourth-order valence-electron chi connectivity index (χ4n) is 4.26. The van der Waals surface area contributed by atoms with E-state index in [0.717, 1.165) is 35.9 Å². The van der Waals surface area contributed by atoms with Gasteiger partial charge < -0.3 is 14.8 Å². The van der Waals surface area contributed by atoms with Gasteiger partial charge in [-0.3, -0.25) is 9.59 Å². The molecule has 1 aliphatic rings. The molecule has 2 atom stereocenters. The standard InChI is InChI=1S/C29H29ClFN3O5S/c1-4-38-29(37)25-20-13-8-16(2)14-24(20)40-28(25)33-27(36)18-9-11-19(12-10-18)39-17(3)26(35)34-32-15-21-22(30)6-5-7-23(21)31/h5-7,9-12,15-17H,4,8,13-14H2,1-3H3,(H,33,36)(H,34,35)/b32-15+. The van der Waals surface area contributed by atoms with Crippen molar-refractivity contribution in [3.05, 3.63) is 80.4 Å². The fraction of sp³-hybridized carbons (Fsp3) is 0.310. The van der Waals surface area contributed by atoms with Crippen molar-refractivity contribution in [1.82, 2.24) is 5.43 Å². The molecule has 40 heavy (non-hydrogen) atoms. The maximum absolute atomic E-state index is 13.8. The molecule has 2 aromatic carbocycles. The minimum Gasteiger partial charge on any atom is -0.481 e. The summed E-state index contributed by atoms with van der Waals surface area (Å²) in [6.07, 6.45) is 2.81. The summed E-state index contributed by atoms with van der Waals surface area (Å²) in [6, 6.07) is 10.5. The molecular formula is C29H29ClFN3O5S. The van der Waals surface area contributed by atoms with E-state index in [1.165, 1.54) is 36.5 Å². The molecule has 0 radical (unpaired) electrons. The number of carbonyl (C=O) groups excluding carboxylic acids is 3. The number of thiophene rings is 1. The number of halogens is 2. The van der Waals surface area contributed by atoms with Crippen molar-refractivity contribution in [1.29, 1.82) is 0 Å². The number of carbonyl (C=O) groups is 3. The Morgan fingerprint density at radius 2 is 1.98 bits per heavy atom. The molecule has 1 heterocycles. The van der Waals surface area contributed by atoms with Crippen LogP contribution in [0.4, 0.5) is 9.39 Å². The molecule has 0 aliphatic heterocycles. The van der Waals surface area contributed by atoms with E-state index in [1.807, 2.05) is 0 Å². The van der Waals surface area contributed by atoms with Crippen LogP contribution in [0, 0.1) is 11.7 Å². The molecule has 0 fully saturated rings. The van der Waals surface area contributed by atoms with Crippen LogP contribution in [0.2, 0.25) is 5.02 Å². The normalized spacial score (nSPS) is 15.3. The second-order valence-corrected chi connectivity index (χ2v) is 10.9. The highest BCUT2D eigenvalue weighted by molar-refractivity contribution is 7.17. The van der Waals surface area contributed by atoms with Gasteiger partial charge in [0.05, 0.1) is 23.4 Å². The minimum atomic E-state index is -0.931. The molecule has 0 spiro atoms. The molecule has 3 aromatic rings. The number of nitrogens with zero attached hydrogens (tertiary/aromatic N) is 1. The van der Waals surface area contributed by atoms with Gasteiger partial charge in [0.1, 0.15) is 16.6 Å². The highest BCUT2D eigenvalue weighted by Crippen LogP contribution is 2.40. The molecule has 2 amide bonds. The van der Waals surface area contributed by atoms with Crippen LogP contribution in [0.25, 0.3) is 0 Å². The predicted molar refractivity (Wildman–Crippen MR) is 153 cm³/mol. The van der Waals surface area contributed by atoms with E-state index in [9.17, 15) is 18.8 Å². The van der Waals surface area contributed by atoms with Gasteiger partial charge in [0.15, 0.2) is 6.10 Å². The number of benzene rings is 2. The number of hydrogen-bond acceptors (Lipinski definition) is 7. The van der Waals surface area contributed by atoms with Crippen LogP contribution in [-0.4, -0.2) is 36.7 Å². The summed E-state index contributed by atoms with van der Waals surface area (Å²) in [6.45, 7) is 5.70. The highest BCUT2D eigenvalue weighted by Gasteiger charge is 2.29. The van der Waals surface area contributed by atoms with Gasteiger partial charge in [0.2, 0.25) is 0 Å². The van der Waals surface area contributed by atoms with Crippen molar-refractivity contribution >= 4 is 51.9 Å². The van der Waals surface area contributed by atoms with Gasteiger partial charge in [0, 0.05) is 16.0 Å². The first kappa shape index (κ1) is 29.2. The van der Waals surface area contributed by atoms with Crippen molar-refractivity contribution in [3.63, 3.8) is 0 Å². The van der Waals surface area contributed by atoms with Crippen LogP contribution in [0.1, 0.15) is 63.9 Å². The van der Waals surface area contributed by atoms with E-state index < -0.39 is 23.8 Å². The van der Waals surface area contributed by atoms with Gasteiger partial charge in [0.25, 0.3) is 11.8 Å². The van der Waals surface area contributed by atoms with Crippen LogP contribution in [-0.2, 0) is 22.4 Å². The van der Waals surface area contributed by atoms with E-state index >= 15 is 0 Å². The Hall–Kier alpha value is -3.76. The number of esters is 1. The molecule has 2 N–H and O–H groups in total. The Labute approximate surface area is 240 Å². The second kappa shape index (κ2) is 13.1. The van der Waals surface area contributed by atoms with E-state index in [4.69, 9.17) is 21.1 Å². The van der Waals surface area contributed by atoms with Crippen LogP contribution < -0.4 is 15.5 Å². The lowest BCUT2D eigenvalue weighted by Crippen LogP contribution is -2.33. The summed E-state index contributed by atoms with van der Waals surface area (Å²) >= 11 is 7.36. The van der Waals surface area contributed by atoms with E-state index in [-0.39, 0.29) is 23.1 Å². The zero-order chi connectivity index (χ0) is 28.8. The van der Waals surface area contributed by atoms with Crippen LogP contribution >= 0.6 is 22.9 Å². The van der Waals surface area contributed by atoms with Gasteiger partial charge in [-0.25, -0.2) is 14.6 Å². The van der Waals surface area contributed by atoms with Gasteiger partial charge in [-0.1, -0.05) is 24.6 Å². The SMILES string of the molecule is CCOC(=O)c1c(NC(=O)c2ccc(OC(C)C(=O)N/N=C/c3c(F)cccc3Cl)cc2)sc2c1CCC(C)C2. The highest BCUT2D eigenvalue weighted by atomic mass is 35.5. The first-order valence-corrected chi connectivity index (χ1v) is 14.0. The Balaban J connectivity index is 1.38. The molecular weight excluding hydrogens is 557 g/mol. The number of anilines is 1. The average Bonchev–Trinajstić information content (AvgIpc) is 3.27. The summed E-state index contributed by atoms with van der Waals surface area (Å²) in [4.78, 5) is 39.2. The lowest BCUT2D eigenvalue weighted by Gasteiger charge is -2.18. The molecule has 0 bridgehead atoms. The Morgan fingerprint density at radius 3 is 2.67 bits per heavy atom. The maximum atomic E-state index is 13.8. The number of ether oxygens (including phenoxy) is 2. The molecule has 4 rings (SSSR count). The molecule has 0 saturated heterocycles. The van der Waals surface area contributed by atoms with Gasteiger partial charge >= 0.3 is 5.97 Å². The topological polar surface area (TPSA) is 106 Å². The Bertz CT molecular complexity index is 1420. The van der Waals surface area contributed by atoms with Crippen LogP contribution in [0.3, 0.4) is 0 Å². The summed E-state index contributed by atoms with van der Waals surface area (Å²) in [5.41, 5.74) is 4.11. The number of amides is 2. The van der Waals surface area contributed by atoms with Crippen LogP contribution in [0.5, 0.6) is 5.75 Å². The monoisotopic (exact) mass is 585 g/mol. The third kappa shape index (κ3) is 6.86.